The summed E-state index contributed by atoms with van der Waals surface area (Å²) >= 11 is 0. The third-order valence-corrected chi connectivity index (χ3v) is 3.40. The maximum atomic E-state index is 9.90. The zero-order valence-corrected chi connectivity index (χ0v) is 11.8. The molecule has 3 aromatic rings. The van der Waals surface area contributed by atoms with Crippen molar-refractivity contribution in [1.82, 2.24) is 9.97 Å². The number of anilines is 1. The molecule has 0 radical (unpaired) electrons. The topological polar surface area (TPSA) is 60.9 Å². The lowest BCUT2D eigenvalue weighted by atomic mass is 10.1. The van der Waals surface area contributed by atoms with Gasteiger partial charge in [0.1, 0.15) is 11.9 Å². The van der Waals surface area contributed by atoms with Crippen molar-refractivity contribution in [3.05, 3.63) is 60.9 Å². The molecule has 21 heavy (non-hydrogen) atoms. The minimum atomic E-state index is -0.774. The highest BCUT2D eigenvalue weighted by Crippen LogP contribution is 2.27. The summed E-state index contributed by atoms with van der Waals surface area (Å²) in [6, 6.07) is 12.1. The fourth-order valence-corrected chi connectivity index (χ4v) is 2.18. The monoisotopic (exact) mass is 279 g/mol. The van der Waals surface area contributed by atoms with E-state index in [2.05, 4.69) is 27.9 Å². The van der Waals surface area contributed by atoms with Crippen molar-refractivity contribution in [1.29, 1.82) is 0 Å². The number of rotatable bonds is 4. The van der Waals surface area contributed by atoms with Crippen molar-refractivity contribution in [2.24, 2.45) is 0 Å². The Kier molecular flexibility index (Phi) is 3.46. The first kappa shape index (κ1) is 13.4. The van der Waals surface area contributed by atoms with E-state index in [0.29, 0.717) is 5.57 Å². The Morgan fingerprint density at radius 2 is 2.05 bits per heavy atom. The Hall–Kier alpha value is -2.59. The lowest BCUT2D eigenvalue weighted by Gasteiger charge is -2.13. The highest BCUT2D eigenvalue weighted by molar-refractivity contribution is 5.92. The van der Waals surface area contributed by atoms with Crippen molar-refractivity contribution in [3.63, 3.8) is 0 Å². The van der Waals surface area contributed by atoms with E-state index in [-0.39, 0.29) is 0 Å². The molecule has 4 heteroatoms. The molecule has 0 saturated heterocycles. The van der Waals surface area contributed by atoms with Gasteiger partial charge in [-0.15, -0.1) is 0 Å². The lowest BCUT2D eigenvalue weighted by Crippen LogP contribution is -2.18. The summed E-state index contributed by atoms with van der Waals surface area (Å²) < 4.78 is 0. The zero-order chi connectivity index (χ0) is 14.8. The van der Waals surface area contributed by atoms with E-state index in [4.69, 9.17) is 0 Å². The lowest BCUT2D eigenvalue weighted by molar-refractivity contribution is 0.240. The molecule has 0 spiro atoms. The standard InChI is InChI=1S/C17H17N3O/c1-11(2)17(21)20-15-10-19-16-14(15)8-13(9-18-16)12-6-4-3-5-7-12/h3-10,17,20-21H,1H2,2H3,(H,18,19). The Bertz CT molecular complexity index is 777. The highest BCUT2D eigenvalue weighted by atomic mass is 16.3. The second-order valence-electron chi connectivity index (χ2n) is 5.08. The molecule has 2 aromatic heterocycles. The third kappa shape index (κ3) is 2.66. The van der Waals surface area contributed by atoms with Crippen LogP contribution >= 0.6 is 0 Å². The molecule has 0 amide bonds. The number of aromatic nitrogens is 2. The minimum absolute atomic E-state index is 0.663. The molecule has 106 valence electrons. The highest BCUT2D eigenvalue weighted by Gasteiger charge is 2.10. The largest absolute Gasteiger partial charge is 0.370 e. The van der Waals surface area contributed by atoms with Crippen molar-refractivity contribution >= 4 is 16.7 Å². The molecule has 0 saturated carbocycles. The van der Waals surface area contributed by atoms with Crippen LogP contribution in [0.25, 0.3) is 22.2 Å². The summed E-state index contributed by atoms with van der Waals surface area (Å²) in [7, 11) is 0. The molecule has 1 unspecified atom stereocenters. The van der Waals surface area contributed by atoms with Gasteiger partial charge in [0.25, 0.3) is 0 Å². The van der Waals surface area contributed by atoms with Crippen LogP contribution in [0.5, 0.6) is 0 Å². The summed E-state index contributed by atoms with van der Waals surface area (Å²) in [4.78, 5) is 7.53. The molecule has 0 aliphatic rings. The molecule has 0 fully saturated rings. The van der Waals surface area contributed by atoms with E-state index < -0.39 is 6.23 Å². The van der Waals surface area contributed by atoms with Crippen LogP contribution in [0, 0.1) is 0 Å². The number of aromatic amines is 1. The summed E-state index contributed by atoms with van der Waals surface area (Å²) in [5.74, 6) is 0. The average Bonchev–Trinajstić information content (AvgIpc) is 2.90. The summed E-state index contributed by atoms with van der Waals surface area (Å²) in [5.41, 5.74) is 4.41. The quantitative estimate of drug-likeness (QED) is 0.505. The number of aliphatic hydroxyl groups is 1. The van der Waals surface area contributed by atoms with Gasteiger partial charge in [0.15, 0.2) is 0 Å². The Labute approximate surface area is 123 Å². The van der Waals surface area contributed by atoms with Crippen LogP contribution in [0.4, 0.5) is 5.69 Å². The molecule has 4 nitrogen and oxygen atoms in total. The Morgan fingerprint density at radius 3 is 2.76 bits per heavy atom. The van der Waals surface area contributed by atoms with Crippen LogP contribution in [0.2, 0.25) is 0 Å². The Morgan fingerprint density at radius 1 is 1.29 bits per heavy atom. The smallest absolute Gasteiger partial charge is 0.146 e. The molecule has 0 aliphatic heterocycles. The van der Waals surface area contributed by atoms with Crippen LogP contribution in [0.15, 0.2) is 60.9 Å². The van der Waals surface area contributed by atoms with Gasteiger partial charge < -0.3 is 15.4 Å². The maximum Gasteiger partial charge on any atom is 0.146 e. The number of hydrogen-bond donors (Lipinski definition) is 3. The van der Waals surface area contributed by atoms with E-state index >= 15 is 0 Å². The van der Waals surface area contributed by atoms with E-state index in [0.717, 1.165) is 27.8 Å². The SMILES string of the molecule is C=C(C)C(O)Nc1c[nH]c2ncc(-c3ccccc3)cc12. The molecular formula is C17H17N3O. The van der Waals surface area contributed by atoms with E-state index in [1.54, 1.807) is 13.1 Å². The van der Waals surface area contributed by atoms with Gasteiger partial charge >= 0.3 is 0 Å². The fraction of sp³-hybridized carbons (Fsp3) is 0.118. The molecule has 0 bridgehead atoms. The zero-order valence-electron chi connectivity index (χ0n) is 11.8. The van der Waals surface area contributed by atoms with Gasteiger partial charge in [-0.2, -0.15) is 0 Å². The van der Waals surface area contributed by atoms with E-state index in [1.807, 2.05) is 36.5 Å². The maximum absolute atomic E-state index is 9.90. The summed E-state index contributed by atoms with van der Waals surface area (Å²) in [6.07, 6.45) is 2.87. The van der Waals surface area contributed by atoms with Crippen molar-refractivity contribution < 1.29 is 5.11 Å². The number of nitrogens with zero attached hydrogens (tertiary/aromatic N) is 1. The fourth-order valence-electron chi connectivity index (χ4n) is 2.18. The van der Waals surface area contributed by atoms with Crippen molar-refractivity contribution in [2.45, 2.75) is 13.2 Å². The van der Waals surface area contributed by atoms with Crippen LogP contribution < -0.4 is 5.32 Å². The Balaban J connectivity index is 2.02. The molecule has 0 aliphatic carbocycles. The number of aliphatic hydroxyl groups excluding tert-OH is 1. The molecular weight excluding hydrogens is 262 g/mol. The van der Waals surface area contributed by atoms with Crippen molar-refractivity contribution in [3.8, 4) is 11.1 Å². The molecule has 1 aromatic carbocycles. The van der Waals surface area contributed by atoms with Gasteiger partial charge in [0, 0.05) is 23.3 Å². The molecule has 3 rings (SSSR count). The average molecular weight is 279 g/mol. The first-order chi connectivity index (χ1) is 10.1. The second-order valence-corrected chi connectivity index (χ2v) is 5.08. The molecule has 2 heterocycles. The number of fused-ring (bicyclic) bond motifs is 1. The van der Waals surface area contributed by atoms with E-state index in [9.17, 15) is 5.11 Å². The van der Waals surface area contributed by atoms with Crippen LogP contribution in [0.1, 0.15) is 6.92 Å². The van der Waals surface area contributed by atoms with Gasteiger partial charge in [-0.25, -0.2) is 4.98 Å². The second kappa shape index (κ2) is 5.42. The summed E-state index contributed by atoms with van der Waals surface area (Å²) in [6.45, 7) is 5.52. The van der Waals surface area contributed by atoms with Gasteiger partial charge in [0.05, 0.1) is 5.69 Å². The first-order valence-corrected chi connectivity index (χ1v) is 6.77. The van der Waals surface area contributed by atoms with Crippen LogP contribution in [0.3, 0.4) is 0 Å². The number of benzene rings is 1. The number of hydrogen-bond acceptors (Lipinski definition) is 3. The number of nitrogens with one attached hydrogen (secondary N) is 2. The first-order valence-electron chi connectivity index (χ1n) is 6.77. The van der Waals surface area contributed by atoms with Gasteiger partial charge in [-0.05, 0) is 24.1 Å². The minimum Gasteiger partial charge on any atom is -0.370 e. The van der Waals surface area contributed by atoms with Crippen LogP contribution in [-0.4, -0.2) is 21.3 Å². The van der Waals surface area contributed by atoms with Gasteiger partial charge in [-0.3, -0.25) is 0 Å². The number of pyridine rings is 1. The predicted octanol–water partition coefficient (Wildman–Crippen LogP) is 3.54. The van der Waals surface area contributed by atoms with Crippen LogP contribution in [-0.2, 0) is 0 Å². The molecule has 3 N–H and O–H groups in total. The van der Waals surface area contributed by atoms with Crippen molar-refractivity contribution in [2.75, 3.05) is 5.32 Å². The number of H-pyrrole nitrogens is 1. The normalized spacial score (nSPS) is 12.3. The predicted molar refractivity (Wildman–Crippen MR) is 86.0 cm³/mol. The van der Waals surface area contributed by atoms with E-state index in [1.165, 1.54) is 0 Å². The van der Waals surface area contributed by atoms with Gasteiger partial charge in [0.2, 0.25) is 0 Å². The third-order valence-electron chi connectivity index (χ3n) is 3.40. The summed E-state index contributed by atoms with van der Waals surface area (Å²) in [5, 5.41) is 13.9. The molecule has 1 atom stereocenters. The van der Waals surface area contributed by atoms with Gasteiger partial charge in [-0.1, -0.05) is 36.9 Å².